The summed E-state index contributed by atoms with van der Waals surface area (Å²) in [5.74, 6) is 0.916. The molecule has 0 spiro atoms. The van der Waals surface area contributed by atoms with E-state index < -0.39 is 0 Å². The Morgan fingerprint density at radius 2 is 1.86 bits per heavy atom. The number of hydrogen-bond donors (Lipinski definition) is 1. The van der Waals surface area contributed by atoms with Gasteiger partial charge in [0.05, 0.1) is 11.1 Å². The van der Waals surface area contributed by atoms with Crippen molar-refractivity contribution in [3.63, 3.8) is 0 Å². The molecule has 0 bridgehead atoms. The van der Waals surface area contributed by atoms with E-state index in [2.05, 4.69) is 35.1 Å². The van der Waals surface area contributed by atoms with Gasteiger partial charge >= 0.3 is 0 Å². The van der Waals surface area contributed by atoms with Crippen molar-refractivity contribution in [1.29, 1.82) is 0 Å². The van der Waals surface area contributed by atoms with Gasteiger partial charge < -0.3 is 15.0 Å². The molecule has 2 aromatic carbocycles. The summed E-state index contributed by atoms with van der Waals surface area (Å²) < 4.78 is 6.46. The maximum absolute atomic E-state index is 12.6. The number of amides is 2. The number of nitrogens with zero attached hydrogens (tertiary/aromatic N) is 1. The van der Waals surface area contributed by atoms with E-state index in [1.165, 1.54) is 0 Å². The monoisotopic (exact) mass is 444 g/mol. The lowest BCUT2D eigenvalue weighted by Gasteiger charge is -2.16. The van der Waals surface area contributed by atoms with Gasteiger partial charge in [-0.3, -0.25) is 9.59 Å². The van der Waals surface area contributed by atoms with Crippen LogP contribution in [-0.4, -0.2) is 36.4 Å². The number of anilines is 1. The van der Waals surface area contributed by atoms with E-state index in [0.717, 1.165) is 30.4 Å². The lowest BCUT2D eigenvalue weighted by molar-refractivity contribution is 0.0792. The topological polar surface area (TPSA) is 58.6 Å². The first kappa shape index (κ1) is 20.4. The Kier molecular flexibility index (Phi) is 6.73. The normalized spacial score (nSPS) is 13.6. The molecule has 0 radical (unpaired) electrons. The molecule has 3 rings (SSSR count). The number of carbonyl (C=O) groups excluding carboxylic acids is 2. The minimum absolute atomic E-state index is 0.0167. The first-order valence-electron chi connectivity index (χ1n) is 9.57. The van der Waals surface area contributed by atoms with Crippen molar-refractivity contribution >= 4 is 33.4 Å². The van der Waals surface area contributed by atoms with Crippen molar-refractivity contribution in [2.75, 3.05) is 25.0 Å². The average molecular weight is 445 g/mol. The number of ether oxygens (including phenoxy) is 1. The molecular formula is C22H25BrN2O3. The van der Waals surface area contributed by atoms with Gasteiger partial charge in [0.15, 0.2) is 0 Å². The maximum Gasteiger partial charge on any atom is 0.255 e. The highest BCUT2D eigenvalue weighted by molar-refractivity contribution is 9.10. The fourth-order valence-corrected chi connectivity index (χ4v) is 3.54. The first-order valence-corrected chi connectivity index (χ1v) is 10.4. The Bertz CT molecular complexity index is 861. The lowest BCUT2D eigenvalue weighted by atomic mass is 10.1. The Morgan fingerprint density at radius 1 is 1.11 bits per heavy atom. The van der Waals surface area contributed by atoms with Crippen LogP contribution in [0, 0.1) is 5.92 Å². The molecule has 2 amide bonds. The number of benzene rings is 2. The van der Waals surface area contributed by atoms with Crippen molar-refractivity contribution in [3.8, 4) is 5.75 Å². The second-order valence-corrected chi connectivity index (χ2v) is 8.24. The summed E-state index contributed by atoms with van der Waals surface area (Å²) in [6, 6.07) is 12.3. The van der Waals surface area contributed by atoms with E-state index in [0.29, 0.717) is 35.1 Å². The lowest BCUT2D eigenvalue weighted by Crippen LogP contribution is -2.27. The standard InChI is InChI=1S/C22H25BrN2O3/c1-15(2)14-28-20-9-8-16(13-19(20)23)21(26)24-18-7-5-6-17(12-18)22(27)25-10-3-4-11-25/h5-9,12-13,15H,3-4,10-11,14H2,1-2H3,(H,24,26). The minimum Gasteiger partial charge on any atom is -0.492 e. The van der Waals surface area contributed by atoms with Crippen LogP contribution in [0.1, 0.15) is 47.4 Å². The highest BCUT2D eigenvalue weighted by Crippen LogP contribution is 2.27. The van der Waals surface area contributed by atoms with Gasteiger partial charge in [-0.15, -0.1) is 0 Å². The van der Waals surface area contributed by atoms with Crippen LogP contribution < -0.4 is 10.1 Å². The van der Waals surface area contributed by atoms with Gasteiger partial charge in [-0.25, -0.2) is 0 Å². The summed E-state index contributed by atoms with van der Waals surface area (Å²) in [6.45, 7) is 6.38. The Morgan fingerprint density at radius 3 is 2.54 bits per heavy atom. The van der Waals surface area contributed by atoms with Crippen molar-refractivity contribution in [2.24, 2.45) is 5.92 Å². The quantitative estimate of drug-likeness (QED) is 0.683. The van der Waals surface area contributed by atoms with Crippen molar-refractivity contribution in [3.05, 3.63) is 58.1 Å². The van der Waals surface area contributed by atoms with Gasteiger partial charge in [-0.1, -0.05) is 19.9 Å². The summed E-state index contributed by atoms with van der Waals surface area (Å²) in [4.78, 5) is 27.0. The van der Waals surface area contributed by atoms with Gasteiger partial charge in [-0.2, -0.15) is 0 Å². The van der Waals surface area contributed by atoms with Crippen LogP contribution in [0.4, 0.5) is 5.69 Å². The van der Waals surface area contributed by atoms with Gasteiger partial charge in [-0.05, 0) is 71.1 Å². The number of nitrogens with one attached hydrogen (secondary N) is 1. The van der Waals surface area contributed by atoms with E-state index in [1.54, 1.807) is 42.5 Å². The third kappa shape index (κ3) is 5.13. The molecule has 5 nitrogen and oxygen atoms in total. The molecule has 0 saturated carbocycles. The SMILES string of the molecule is CC(C)COc1ccc(C(=O)Nc2cccc(C(=O)N3CCCC3)c2)cc1Br. The summed E-state index contributed by atoms with van der Waals surface area (Å²) >= 11 is 3.46. The van der Waals surface area contributed by atoms with Crippen LogP contribution >= 0.6 is 15.9 Å². The van der Waals surface area contributed by atoms with Gasteiger partial charge in [0.2, 0.25) is 0 Å². The van der Waals surface area contributed by atoms with Gasteiger partial charge in [0.1, 0.15) is 5.75 Å². The molecule has 1 fully saturated rings. The molecule has 1 heterocycles. The van der Waals surface area contributed by atoms with Gasteiger partial charge in [0, 0.05) is 29.9 Å². The van der Waals surface area contributed by atoms with Crippen molar-refractivity contribution in [2.45, 2.75) is 26.7 Å². The Hall–Kier alpha value is -2.34. The predicted molar refractivity (Wildman–Crippen MR) is 114 cm³/mol. The highest BCUT2D eigenvalue weighted by Gasteiger charge is 2.20. The van der Waals surface area contributed by atoms with Crippen LogP contribution in [0.25, 0.3) is 0 Å². The molecule has 0 unspecified atom stereocenters. The molecule has 1 aliphatic rings. The summed E-state index contributed by atoms with van der Waals surface area (Å²) in [5, 5.41) is 2.87. The Balaban J connectivity index is 1.68. The van der Waals surface area contributed by atoms with Crippen LogP contribution in [0.15, 0.2) is 46.9 Å². The fourth-order valence-electron chi connectivity index (χ4n) is 3.05. The van der Waals surface area contributed by atoms with E-state index >= 15 is 0 Å². The van der Waals surface area contributed by atoms with Gasteiger partial charge in [0.25, 0.3) is 11.8 Å². The smallest absolute Gasteiger partial charge is 0.255 e. The van der Waals surface area contributed by atoms with E-state index in [4.69, 9.17) is 4.74 Å². The Labute approximate surface area is 174 Å². The summed E-state index contributed by atoms with van der Waals surface area (Å²) in [7, 11) is 0. The third-order valence-electron chi connectivity index (χ3n) is 4.53. The van der Waals surface area contributed by atoms with Crippen molar-refractivity contribution < 1.29 is 14.3 Å². The molecule has 1 N–H and O–H groups in total. The number of rotatable bonds is 6. The zero-order valence-electron chi connectivity index (χ0n) is 16.2. The first-order chi connectivity index (χ1) is 13.4. The molecule has 148 valence electrons. The van der Waals surface area contributed by atoms with E-state index in [1.807, 2.05) is 4.90 Å². The average Bonchev–Trinajstić information content (AvgIpc) is 3.21. The van der Waals surface area contributed by atoms with Crippen LogP contribution in [0.5, 0.6) is 5.75 Å². The second-order valence-electron chi connectivity index (χ2n) is 7.38. The molecule has 6 heteroatoms. The number of likely N-dealkylation sites (tertiary alicyclic amines) is 1. The zero-order valence-corrected chi connectivity index (χ0v) is 17.8. The predicted octanol–water partition coefficient (Wildman–Crippen LogP) is 4.97. The second kappa shape index (κ2) is 9.24. The maximum atomic E-state index is 12.6. The largest absolute Gasteiger partial charge is 0.492 e. The molecule has 0 aromatic heterocycles. The number of carbonyl (C=O) groups is 2. The molecule has 1 aliphatic heterocycles. The van der Waals surface area contributed by atoms with Crippen molar-refractivity contribution in [1.82, 2.24) is 4.90 Å². The zero-order chi connectivity index (χ0) is 20.1. The van der Waals surface area contributed by atoms with Crippen LogP contribution in [0.3, 0.4) is 0 Å². The van der Waals surface area contributed by atoms with Crippen LogP contribution in [-0.2, 0) is 0 Å². The molecule has 0 aliphatic carbocycles. The highest BCUT2D eigenvalue weighted by atomic mass is 79.9. The molecule has 28 heavy (non-hydrogen) atoms. The number of hydrogen-bond acceptors (Lipinski definition) is 3. The molecular weight excluding hydrogens is 420 g/mol. The summed E-state index contributed by atoms with van der Waals surface area (Å²) in [6.07, 6.45) is 2.10. The van der Waals surface area contributed by atoms with E-state index in [-0.39, 0.29) is 11.8 Å². The summed E-state index contributed by atoms with van der Waals surface area (Å²) in [5.41, 5.74) is 1.71. The molecule has 2 aromatic rings. The minimum atomic E-state index is -0.234. The third-order valence-corrected chi connectivity index (χ3v) is 5.15. The van der Waals surface area contributed by atoms with Crippen LogP contribution in [0.2, 0.25) is 0 Å². The molecule has 0 atom stereocenters. The van der Waals surface area contributed by atoms with E-state index in [9.17, 15) is 9.59 Å². The molecule has 1 saturated heterocycles. The fraction of sp³-hybridized carbons (Fsp3) is 0.364. The number of halogens is 1.